The minimum atomic E-state index is -3.87. The quantitative estimate of drug-likeness (QED) is 0.800. The fourth-order valence-electron chi connectivity index (χ4n) is 2.18. The van der Waals surface area contributed by atoms with Gasteiger partial charge in [-0.05, 0) is 43.9 Å². The van der Waals surface area contributed by atoms with Crippen LogP contribution in [0, 0.1) is 5.92 Å². The Hall–Kier alpha value is -1.60. The van der Waals surface area contributed by atoms with E-state index in [9.17, 15) is 13.2 Å². The average Bonchev–Trinajstić information content (AvgIpc) is 3.20. The van der Waals surface area contributed by atoms with Crippen LogP contribution in [0.3, 0.4) is 0 Å². The molecule has 0 heterocycles. The van der Waals surface area contributed by atoms with Gasteiger partial charge in [0.25, 0.3) is 0 Å². The first-order valence-corrected chi connectivity index (χ1v) is 7.80. The van der Waals surface area contributed by atoms with Crippen LogP contribution in [-0.4, -0.2) is 36.9 Å². The number of hydrogen-bond donors (Lipinski definition) is 2. The molecular weight excluding hydrogens is 280 g/mol. The van der Waals surface area contributed by atoms with Crippen molar-refractivity contribution in [2.75, 3.05) is 12.8 Å². The van der Waals surface area contributed by atoms with Crippen LogP contribution in [0.5, 0.6) is 0 Å². The summed E-state index contributed by atoms with van der Waals surface area (Å²) in [6, 6.07) is 3.66. The van der Waals surface area contributed by atoms with Gasteiger partial charge >= 0.3 is 5.97 Å². The van der Waals surface area contributed by atoms with Gasteiger partial charge < -0.3 is 10.8 Å². The van der Waals surface area contributed by atoms with Gasteiger partial charge in [0, 0.05) is 18.8 Å². The minimum absolute atomic E-state index is 0.150. The number of anilines is 1. The van der Waals surface area contributed by atoms with Gasteiger partial charge in [-0.2, -0.15) is 4.31 Å². The summed E-state index contributed by atoms with van der Waals surface area (Å²) >= 11 is 0. The molecule has 2 rings (SSSR count). The van der Waals surface area contributed by atoms with E-state index in [2.05, 4.69) is 0 Å². The van der Waals surface area contributed by atoms with Crippen molar-refractivity contribution in [2.24, 2.45) is 5.92 Å². The lowest BCUT2D eigenvalue weighted by Crippen LogP contribution is -2.37. The van der Waals surface area contributed by atoms with Crippen molar-refractivity contribution in [3.8, 4) is 0 Å². The van der Waals surface area contributed by atoms with Crippen LogP contribution in [0.4, 0.5) is 5.69 Å². The first-order chi connectivity index (χ1) is 9.25. The highest BCUT2D eigenvalue weighted by atomic mass is 32.2. The number of hydrogen-bond acceptors (Lipinski definition) is 4. The molecule has 1 aliphatic carbocycles. The normalized spacial score (nSPS) is 17.1. The van der Waals surface area contributed by atoms with Gasteiger partial charge in [0.2, 0.25) is 10.0 Å². The summed E-state index contributed by atoms with van der Waals surface area (Å²) in [4.78, 5) is 10.9. The number of benzene rings is 1. The standard InChI is InChI=1S/C13H18N2O4S/c1-8(9-3-4-9)15(2)20(18,19)12-7-10(14)5-6-11(12)13(16)17/h5-9H,3-4,14H2,1-2H3,(H,16,17). The molecule has 0 spiro atoms. The number of carbonyl (C=O) groups is 1. The Labute approximate surface area is 118 Å². The molecule has 0 aliphatic heterocycles. The Morgan fingerprint density at radius 1 is 1.45 bits per heavy atom. The maximum absolute atomic E-state index is 12.6. The lowest BCUT2D eigenvalue weighted by Gasteiger charge is -2.25. The third-order valence-electron chi connectivity index (χ3n) is 3.77. The second kappa shape index (κ2) is 5.06. The maximum atomic E-state index is 12.6. The molecule has 0 radical (unpaired) electrons. The highest BCUT2D eigenvalue weighted by Gasteiger charge is 2.37. The molecule has 1 fully saturated rings. The molecule has 0 saturated heterocycles. The Bertz CT molecular complexity index is 638. The fraction of sp³-hybridized carbons (Fsp3) is 0.462. The van der Waals surface area contributed by atoms with E-state index >= 15 is 0 Å². The van der Waals surface area contributed by atoms with E-state index in [4.69, 9.17) is 10.8 Å². The Morgan fingerprint density at radius 2 is 2.05 bits per heavy atom. The highest BCUT2D eigenvalue weighted by Crippen LogP contribution is 2.36. The number of rotatable bonds is 5. The van der Waals surface area contributed by atoms with Crippen LogP contribution in [0.25, 0.3) is 0 Å². The van der Waals surface area contributed by atoms with Gasteiger partial charge in [-0.3, -0.25) is 0 Å². The smallest absolute Gasteiger partial charge is 0.337 e. The van der Waals surface area contributed by atoms with Gasteiger partial charge in [0.15, 0.2) is 0 Å². The molecule has 0 bridgehead atoms. The fourth-order valence-corrected chi connectivity index (χ4v) is 3.82. The SMILES string of the molecule is CC(C1CC1)N(C)S(=O)(=O)c1cc(N)ccc1C(=O)O. The molecule has 20 heavy (non-hydrogen) atoms. The van der Waals surface area contributed by atoms with Crippen LogP contribution in [0.15, 0.2) is 23.1 Å². The van der Waals surface area contributed by atoms with Crippen LogP contribution >= 0.6 is 0 Å². The topological polar surface area (TPSA) is 101 Å². The lowest BCUT2D eigenvalue weighted by molar-refractivity contribution is 0.0692. The molecule has 1 atom stereocenters. The number of sulfonamides is 1. The molecule has 1 aromatic rings. The Morgan fingerprint density at radius 3 is 2.55 bits per heavy atom. The average molecular weight is 298 g/mol. The van der Waals surface area contributed by atoms with Gasteiger partial charge in [0.1, 0.15) is 0 Å². The summed E-state index contributed by atoms with van der Waals surface area (Å²) in [5, 5.41) is 9.14. The van der Waals surface area contributed by atoms with Crippen LogP contribution in [0.1, 0.15) is 30.1 Å². The number of nitrogens with zero attached hydrogens (tertiary/aromatic N) is 1. The van der Waals surface area contributed by atoms with E-state index in [-0.39, 0.29) is 22.2 Å². The van der Waals surface area contributed by atoms with E-state index in [1.807, 2.05) is 6.92 Å². The zero-order valence-corrected chi connectivity index (χ0v) is 12.2. The predicted octanol–water partition coefficient (Wildman–Crippen LogP) is 1.39. The molecule has 110 valence electrons. The molecule has 0 amide bonds. The number of carboxylic acids is 1. The van der Waals surface area contributed by atoms with Crippen LogP contribution in [0.2, 0.25) is 0 Å². The Kier molecular flexibility index (Phi) is 3.75. The van der Waals surface area contributed by atoms with E-state index in [1.54, 1.807) is 0 Å². The summed E-state index contributed by atoms with van der Waals surface area (Å²) in [6.07, 6.45) is 2.01. The number of aromatic carboxylic acids is 1. The van der Waals surface area contributed by atoms with E-state index < -0.39 is 16.0 Å². The van der Waals surface area contributed by atoms with Crippen molar-refractivity contribution in [2.45, 2.75) is 30.7 Å². The highest BCUT2D eigenvalue weighted by molar-refractivity contribution is 7.89. The molecule has 1 aromatic carbocycles. The number of nitrogens with two attached hydrogens (primary N) is 1. The maximum Gasteiger partial charge on any atom is 0.337 e. The number of nitrogen functional groups attached to an aromatic ring is 1. The largest absolute Gasteiger partial charge is 0.478 e. The molecule has 0 aromatic heterocycles. The summed E-state index contributed by atoms with van der Waals surface area (Å²) in [5.41, 5.74) is 5.56. The van der Waals surface area contributed by atoms with Gasteiger partial charge in [0.05, 0.1) is 10.5 Å². The van der Waals surface area contributed by atoms with Crippen molar-refractivity contribution >= 4 is 21.7 Å². The third kappa shape index (κ3) is 2.64. The van der Waals surface area contributed by atoms with Crippen molar-refractivity contribution in [3.05, 3.63) is 23.8 Å². The molecule has 3 N–H and O–H groups in total. The van der Waals surface area contributed by atoms with E-state index in [0.29, 0.717) is 5.92 Å². The molecular formula is C13H18N2O4S. The first-order valence-electron chi connectivity index (χ1n) is 6.36. The number of carboxylic acid groups (broad SMARTS) is 1. The second-order valence-corrected chi connectivity index (χ2v) is 7.13. The van der Waals surface area contributed by atoms with Crippen molar-refractivity contribution in [3.63, 3.8) is 0 Å². The molecule has 1 unspecified atom stereocenters. The predicted molar refractivity (Wildman–Crippen MR) is 74.9 cm³/mol. The summed E-state index contributed by atoms with van der Waals surface area (Å²) in [6.45, 7) is 1.84. The summed E-state index contributed by atoms with van der Waals surface area (Å²) < 4.78 is 26.4. The summed E-state index contributed by atoms with van der Waals surface area (Å²) in [5.74, 6) is -0.930. The molecule has 6 nitrogen and oxygen atoms in total. The van der Waals surface area contributed by atoms with E-state index in [1.165, 1.54) is 29.6 Å². The van der Waals surface area contributed by atoms with E-state index in [0.717, 1.165) is 12.8 Å². The molecule has 1 aliphatic rings. The van der Waals surface area contributed by atoms with Crippen molar-refractivity contribution < 1.29 is 18.3 Å². The first kappa shape index (κ1) is 14.8. The minimum Gasteiger partial charge on any atom is -0.478 e. The van der Waals surface area contributed by atoms with Crippen molar-refractivity contribution in [1.82, 2.24) is 4.31 Å². The zero-order valence-electron chi connectivity index (χ0n) is 11.4. The monoisotopic (exact) mass is 298 g/mol. The van der Waals surface area contributed by atoms with Crippen LogP contribution < -0.4 is 5.73 Å². The Balaban J connectivity index is 2.47. The van der Waals surface area contributed by atoms with Gasteiger partial charge in [-0.1, -0.05) is 0 Å². The molecule has 1 saturated carbocycles. The lowest BCUT2D eigenvalue weighted by atomic mass is 10.2. The van der Waals surface area contributed by atoms with Gasteiger partial charge in [-0.25, -0.2) is 13.2 Å². The van der Waals surface area contributed by atoms with Crippen molar-refractivity contribution in [1.29, 1.82) is 0 Å². The summed E-state index contributed by atoms with van der Waals surface area (Å²) in [7, 11) is -2.39. The van der Waals surface area contributed by atoms with Gasteiger partial charge in [-0.15, -0.1) is 0 Å². The van der Waals surface area contributed by atoms with Crippen LogP contribution in [-0.2, 0) is 10.0 Å². The second-order valence-electron chi connectivity index (χ2n) is 5.16. The third-order valence-corrected chi connectivity index (χ3v) is 5.76. The molecule has 7 heteroatoms. The zero-order chi connectivity index (χ0) is 15.1.